The molecule has 0 saturated heterocycles. The van der Waals surface area contributed by atoms with Crippen molar-refractivity contribution in [3.63, 3.8) is 0 Å². The van der Waals surface area contributed by atoms with Gasteiger partial charge in [-0.25, -0.2) is 9.18 Å². The first-order valence-corrected chi connectivity index (χ1v) is 12.6. The van der Waals surface area contributed by atoms with E-state index in [-0.39, 0.29) is 5.91 Å². The van der Waals surface area contributed by atoms with Crippen LogP contribution in [0.5, 0.6) is 0 Å². The second-order valence-electron chi connectivity index (χ2n) is 10.6. The number of carbonyl (C=O) groups excluding carboxylic acids is 1. The largest absolute Gasteiger partial charge is 0.479 e. The molecule has 1 heterocycles. The highest BCUT2D eigenvalue weighted by Gasteiger charge is 2.34. The molecule has 1 N–H and O–H groups in total. The van der Waals surface area contributed by atoms with Crippen molar-refractivity contribution < 1.29 is 23.8 Å². The monoisotopic (exact) mass is 503 g/mol. The van der Waals surface area contributed by atoms with Crippen molar-refractivity contribution in [1.82, 2.24) is 4.90 Å². The van der Waals surface area contributed by atoms with Gasteiger partial charge in [-0.1, -0.05) is 36.4 Å². The van der Waals surface area contributed by atoms with E-state index in [2.05, 4.69) is 0 Å². The van der Waals surface area contributed by atoms with Crippen LogP contribution in [0.1, 0.15) is 65.1 Å². The third kappa shape index (κ3) is 5.59. The first kappa shape index (κ1) is 26.6. The van der Waals surface area contributed by atoms with Gasteiger partial charge in [-0.2, -0.15) is 0 Å². The number of aliphatic carboxylic acids is 1. The number of benzene rings is 3. The van der Waals surface area contributed by atoms with Crippen molar-refractivity contribution in [2.45, 2.75) is 59.2 Å². The second-order valence-corrected chi connectivity index (χ2v) is 10.6. The zero-order valence-corrected chi connectivity index (χ0v) is 22.1. The number of halogens is 1. The Bertz CT molecular complexity index is 1330. The zero-order chi connectivity index (χ0) is 26.9. The summed E-state index contributed by atoms with van der Waals surface area (Å²) in [4.78, 5) is 27.5. The van der Waals surface area contributed by atoms with Crippen LogP contribution in [0.4, 0.5) is 4.39 Å². The molecular formula is C31H34FNO4. The van der Waals surface area contributed by atoms with Crippen molar-refractivity contribution in [2.75, 3.05) is 13.1 Å². The fraction of sp³-hybridized carbons (Fsp3) is 0.355. The average Bonchev–Trinajstić information content (AvgIpc) is 3.08. The van der Waals surface area contributed by atoms with Crippen molar-refractivity contribution in [3.8, 4) is 11.1 Å². The SMILES string of the molecule is Cc1c2c(c(C)c(C(OC(C)(C)C)C(=O)O)c1-c1ccccc1)CCN(C(=O)c1cccc(F)c1)CC2. The van der Waals surface area contributed by atoms with Gasteiger partial charge in [0.15, 0.2) is 6.10 Å². The number of carbonyl (C=O) groups is 2. The van der Waals surface area contributed by atoms with Crippen LogP contribution < -0.4 is 0 Å². The van der Waals surface area contributed by atoms with Crippen LogP contribution in [0.15, 0.2) is 54.6 Å². The second kappa shape index (κ2) is 10.5. The van der Waals surface area contributed by atoms with Gasteiger partial charge in [0.2, 0.25) is 0 Å². The number of carboxylic acids is 1. The van der Waals surface area contributed by atoms with Crippen LogP contribution in [0.3, 0.4) is 0 Å². The van der Waals surface area contributed by atoms with E-state index >= 15 is 0 Å². The molecule has 5 nitrogen and oxygen atoms in total. The topological polar surface area (TPSA) is 66.8 Å². The molecule has 0 aromatic heterocycles. The smallest absolute Gasteiger partial charge is 0.337 e. The number of fused-ring (bicyclic) bond motifs is 1. The molecule has 1 amide bonds. The molecule has 0 bridgehead atoms. The molecule has 0 radical (unpaired) electrons. The average molecular weight is 504 g/mol. The van der Waals surface area contributed by atoms with E-state index in [1.807, 2.05) is 65.0 Å². The summed E-state index contributed by atoms with van der Waals surface area (Å²) in [5.74, 6) is -1.68. The summed E-state index contributed by atoms with van der Waals surface area (Å²) in [7, 11) is 0. The van der Waals surface area contributed by atoms with Gasteiger partial charge in [0.05, 0.1) is 5.60 Å². The molecule has 0 spiro atoms. The fourth-order valence-corrected chi connectivity index (χ4v) is 5.34. The molecule has 6 heteroatoms. The maximum absolute atomic E-state index is 13.8. The molecule has 1 atom stereocenters. The summed E-state index contributed by atoms with van der Waals surface area (Å²) < 4.78 is 19.9. The number of hydrogen-bond acceptors (Lipinski definition) is 3. The first-order valence-electron chi connectivity index (χ1n) is 12.6. The van der Waals surface area contributed by atoms with Gasteiger partial charge in [-0.3, -0.25) is 4.79 Å². The molecule has 4 rings (SSSR count). The maximum atomic E-state index is 13.8. The molecule has 194 valence electrons. The fourth-order valence-electron chi connectivity index (χ4n) is 5.34. The number of nitrogens with zero attached hydrogens (tertiary/aromatic N) is 1. The van der Waals surface area contributed by atoms with Crippen LogP contribution in [0.2, 0.25) is 0 Å². The van der Waals surface area contributed by atoms with Gasteiger partial charge in [0, 0.05) is 24.2 Å². The summed E-state index contributed by atoms with van der Waals surface area (Å²) in [6.45, 7) is 10.5. The minimum Gasteiger partial charge on any atom is -0.479 e. The van der Waals surface area contributed by atoms with Gasteiger partial charge in [-0.15, -0.1) is 0 Å². The predicted molar refractivity (Wildman–Crippen MR) is 142 cm³/mol. The van der Waals surface area contributed by atoms with Crippen LogP contribution in [0, 0.1) is 19.7 Å². The molecule has 1 unspecified atom stereocenters. The number of hydrogen-bond donors (Lipinski definition) is 1. The van der Waals surface area contributed by atoms with E-state index < -0.39 is 23.5 Å². The van der Waals surface area contributed by atoms with Crippen molar-refractivity contribution in [1.29, 1.82) is 0 Å². The summed E-state index contributed by atoms with van der Waals surface area (Å²) in [6, 6.07) is 15.6. The van der Waals surface area contributed by atoms with Gasteiger partial charge < -0.3 is 14.7 Å². The summed E-state index contributed by atoms with van der Waals surface area (Å²) in [6.07, 6.45) is 0.0566. The minimum atomic E-state index is -1.15. The molecule has 3 aromatic carbocycles. The Kier molecular flexibility index (Phi) is 7.51. The third-order valence-electron chi connectivity index (χ3n) is 6.96. The lowest BCUT2D eigenvalue weighted by atomic mass is 9.81. The number of amides is 1. The first-order chi connectivity index (χ1) is 17.5. The van der Waals surface area contributed by atoms with E-state index in [9.17, 15) is 19.1 Å². The Labute approximate surface area is 217 Å². The van der Waals surface area contributed by atoms with Crippen LogP contribution in [-0.2, 0) is 22.4 Å². The minimum absolute atomic E-state index is 0.203. The van der Waals surface area contributed by atoms with Crippen LogP contribution >= 0.6 is 0 Å². The molecule has 0 aliphatic carbocycles. The lowest BCUT2D eigenvalue weighted by molar-refractivity contribution is -0.160. The highest BCUT2D eigenvalue weighted by Crippen LogP contribution is 2.42. The van der Waals surface area contributed by atoms with Crippen molar-refractivity contribution in [3.05, 3.63) is 93.8 Å². The summed E-state index contributed by atoms with van der Waals surface area (Å²) in [5, 5.41) is 10.3. The quantitative estimate of drug-likeness (QED) is 0.444. The normalized spacial score (nSPS) is 14.6. The third-order valence-corrected chi connectivity index (χ3v) is 6.96. The van der Waals surface area contributed by atoms with Crippen molar-refractivity contribution >= 4 is 11.9 Å². The lowest BCUT2D eigenvalue weighted by Gasteiger charge is -2.30. The Balaban J connectivity index is 1.84. The Hall–Kier alpha value is -3.51. The molecule has 0 saturated carbocycles. The maximum Gasteiger partial charge on any atom is 0.337 e. The van der Waals surface area contributed by atoms with E-state index in [1.165, 1.54) is 12.1 Å². The van der Waals surface area contributed by atoms with Gasteiger partial charge in [0.1, 0.15) is 5.82 Å². The van der Waals surface area contributed by atoms with Crippen LogP contribution in [-0.4, -0.2) is 40.6 Å². The highest BCUT2D eigenvalue weighted by molar-refractivity contribution is 5.94. The Morgan fingerprint density at radius 2 is 1.57 bits per heavy atom. The Morgan fingerprint density at radius 3 is 2.14 bits per heavy atom. The molecule has 0 fully saturated rings. The number of carboxylic acid groups (broad SMARTS) is 1. The zero-order valence-electron chi connectivity index (χ0n) is 22.1. The van der Waals surface area contributed by atoms with Gasteiger partial charge in [-0.05, 0) is 99.0 Å². The van der Waals surface area contributed by atoms with E-state index in [1.54, 1.807) is 17.0 Å². The van der Waals surface area contributed by atoms with Gasteiger partial charge in [0.25, 0.3) is 5.91 Å². The summed E-state index contributed by atoms with van der Waals surface area (Å²) in [5.41, 5.74) is 6.21. The summed E-state index contributed by atoms with van der Waals surface area (Å²) >= 11 is 0. The molecule has 37 heavy (non-hydrogen) atoms. The lowest BCUT2D eigenvalue weighted by Crippen LogP contribution is -2.33. The number of ether oxygens (including phenoxy) is 1. The standard InChI is InChI=1S/C31H34FNO4/c1-19-24-14-16-33(29(34)22-12-9-13-23(32)18-22)17-15-25(24)20(2)27(26(19)21-10-7-6-8-11-21)28(30(35)36)37-31(3,4)5/h6-13,18,28H,14-17H2,1-5H3,(H,35,36). The number of rotatable bonds is 5. The van der Waals surface area contributed by atoms with Crippen molar-refractivity contribution in [2.24, 2.45) is 0 Å². The van der Waals surface area contributed by atoms with E-state index in [0.717, 1.165) is 33.4 Å². The van der Waals surface area contributed by atoms with E-state index in [0.29, 0.717) is 37.1 Å². The Morgan fingerprint density at radius 1 is 0.946 bits per heavy atom. The van der Waals surface area contributed by atoms with Gasteiger partial charge >= 0.3 is 5.97 Å². The highest BCUT2D eigenvalue weighted by atomic mass is 19.1. The molecular weight excluding hydrogens is 469 g/mol. The predicted octanol–water partition coefficient (Wildman–Crippen LogP) is 6.29. The van der Waals surface area contributed by atoms with E-state index in [4.69, 9.17) is 4.74 Å². The van der Waals surface area contributed by atoms with Crippen LogP contribution in [0.25, 0.3) is 11.1 Å². The molecule has 3 aromatic rings. The molecule has 1 aliphatic rings. The molecule has 1 aliphatic heterocycles.